The third-order valence-corrected chi connectivity index (χ3v) is 5.78. The molecule has 30 heavy (non-hydrogen) atoms. The van der Waals surface area contributed by atoms with Crippen LogP contribution in [0.25, 0.3) is 0 Å². The second-order valence-electron chi connectivity index (χ2n) is 6.81. The van der Waals surface area contributed by atoms with Crippen molar-refractivity contribution in [2.45, 2.75) is 24.0 Å². The Morgan fingerprint density at radius 1 is 0.800 bits per heavy atom. The van der Waals surface area contributed by atoms with Crippen LogP contribution >= 0.6 is 24.2 Å². The van der Waals surface area contributed by atoms with E-state index in [2.05, 4.69) is 29.6 Å². The molecule has 0 spiro atoms. The molecular weight excluding hydrogens is 429 g/mol. The molecule has 0 fully saturated rings. The predicted molar refractivity (Wildman–Crippen MR) is 119 cm³/mol. The summed E-state index contributed by atoms with van der Waals surface area (Å²) >= 11 is 1.50. The first kappa shape index (κ1) is 22.2. The molecule has 2 atom stereocenters. The van der Waals surface area contributed by atoms with Gasteiger partial charge in [0.1, 0.15) is 6.04 Å². The molecule has 7 heteroatoms. The van der Waals surface area contributed by atoms with Crippen LogP contribution in [0.3, 0.4) is 0 Å². The molecule has 0 aliphatic carbocycles. The second kappa shape index (κ2) is 9.58. The molecule has 2 nitrogen and oxygen atoms in total. The lowest BCUT2D eigenvalue weighted by molar-refractivity contribution is -0.137. The largest absolute Gasteiger partial charge is 0.416 e. The van der Waals surface area contributed by atoms with E-state index >= 15 is 0 Å². The minimum Gasteiger partial charge on any atom is -0.356 e. The number of hydrogen-bond donors (Lipinski definition) is 1. The minimum atomic E-state index is -4.31. The third kappa shape index (κ3) is 5.18. The van der Waals surface area contributed by atoms with Crippen LogP contribution < -0.4 is 5.32 Å². The van der Waals surface area contributed by atoms with E-state index in [-0.39, 0.29) is 24.5 Å². The molecule has 0 aromatic heterocycles. The first-order chi connectivity index (χ1) is 14.0. The molecule has 0 radical (unpaired) electrons. The standard InChI is InChI=1S/C23H19F3N2S.ClH/c24-23(25,26)19-13-11-16(12-14-19)15-29-22-27-20(17-7-3-1-4-8-17)21(28-22)18-9-5-2-6-10-18;/h1-14,20-21H,15H2,(H,27,28);1H/t20-,21+;. The summed E-state index contributed by atoms with van der Waals surface area (Å²) < 4.78 is 38.2. The molecular formula is C23H20ClF3N2S. The molecule has 3 aromatic rings. The van der Waals surface area contributed by atoms with Gasteiger partial charge in [0.05, 0.1) is 11.6 Å². The SMILES string of the molecule is Cl.FC(F)(F)c1ccc(CSC2=N[C@H](c3ccccc3)[C@H](c3ccccc3)N2)cc1. The zero-order chi connectivity index (χ0) is 20.3. The van der Waals surface area contributed by atoms with Crippen LogP contribution in [0, 0.1) is 0 Å². The molecule has 0 saturated carbocycles. The van der Waals surface area contributed by atoms with Gasteiger partial charge < -0.3 is 5.32 Å². The zero-order valence-corrected chi connectivity index (χ0v) is 17.5. The number of nitrogens with one attached hydrogen (secondary N) is 1. The average molecular weight is 449 g/mol. The van der Waals surface area contributed by atoms with E-state index in [9.17, 15) is 13.2 Å². The Kier molecular flexibility index (Phi) is 7.10. The summed E-state index contributed by atoms with van der Waals surface area (Å²) in [5.74, 6) is 0.549. The van der Waals surface area contributed by atoms with Crippen LogP contribution in [-0.2, 0) is 11.9 Å². The maximum atomic E-state index is 12.7. The molecule has 3 aromatic carbocycles. The van der Waals surface area contributed by atoms with E-state index in [0.717, 1.165) is 34.0 Å². The molecule has 1 aliphatic rings. The van der Waals surface area contributed by atoms with Gasteiger partial charge in [-0.1, -0.05) is 84.6 Å². The van der Waals surface area contributed by atoms with E-state index in [4.69, 9.17) is 4.99 Å². The number of rotatable bonds is 4. The predicted octanol–water partition coefficient (Wildman–Crippen LogP) is 6.80. The number of halogens is 4. The van der Waals surface area contributed by atoms with Crippen molar-refractivity contribution in [3.63, 3.8) is 0 Å². The Hall–Kier alpha value is -2.44. The molecule has 0 unspecified atom stereocenters. The number of alkyl halides is 3. The monoisotopic (exact) mass is 448 g/mol. The second-order valence-corrected chi connectivity index (χ2v) is 7.77. The van der Waals surface area contributed by atoms with Gasteiger partial charge >= 0.3 is 6.18 Å². The lowest BCUT2D eigenvalue weighted by Gasteiger charge is -2.19. The number of hydrogen-bond acceptors (Lipinski definition) is 3. The van der Waals surface area contributed by atoms with Crippen LogP contribution in [-0.4, -0.2) is 5.17 Å². The molecule has 4 rings (SSSR count). The van der Waals surface area contributed by atoms with Gasteiger partial charge in [-0.25, -0.2) is 0 Å². The maximum absolute atomic E-state index is 12.7. The Morgan fingerprint density at radius 2 is 1.37 bits per heavy atom. The van der Waals surface area contributed by atoms with Gasteiger partial charge in [-0.3, -0.25) is 4.99 Å². The van der Waals surface area contributed by atoms with Crippen molar-refractivity contribution in [2.75, 3.05) is 0 Å². The van der Waals surface area contributed by atoms with Crippen molar-refractivity contribution < 1.29 is 13.2 Å². The summed E-state index contributed by atoms with van der Waals surface area (Å²) in [6.45, 7) is 0. The van der Waals surface area contributed by atoms with Gasteiger partial charge in [-0.2, -0.15) is 13.2 Å². The molecule has 0 bridgehead atoms. The van der Waals surface area contributed by atoms with Gasteiger partial charge in [0, 0.05) is 5.75 Å². The van der Waals surface area contributed by atoms with Crippen molar-refractivity contribution >= 4 is 29.3 Å². The summed E-state index contributed by atoms with van der Waals surface area (Å²) in [5.41, 5.74) is 2.47. The average Bonchev–Trinajstić information content (AvgIpc) is 3.18. The normalized spacial score (nSPS) is 18.3. The highest BCUT2D eigenvalue weighted by molar-refractivity contribution is 8.13. The maximum Gasteiger partial charge on any atom is 0.416 e. The number of aliphatic imine (C=N–C) groups is 1. The summed E-state index contributed by atoms with van der Waals surface area (Å²) in [6.07, 6.45) is -4.31. The number of thioether (sulfide) groups is 1. The first-order valence-electron chi connectivity index (χ1n) is 9.24. The first-order valence-corrected chi connectivity index (χ1v) is 10.2. The zero-order valence-electron chi connectivity index (χ0n) is 15.8. The molecule has 156 valence electrons. The summed E-state index contributed by atoms with van der Waals surface area (Å²) in [6, 6.07) is 25.5. The van der Waals surface area contributed by atoms with E-state index in [1.54, 1.807) is 0 Å². The van der Waals surface area contributed by atoms with Gasteiger partial charge in [0.2, 0.25) is 0 Å². The van der Waals surface area contributed by atoms with Crippen molar-refractivity contribution in [3.05, 3.63) is 107 Å². The van der Waals surface area contributed by atoms with E-state index in [1.165, 1.54) is 23.9 Å². The summed E-state index contributed by atoms with van der Waals surface area (Å²) in [5, 5.41) is 4.29. The minimum absolute atomic E-state index is 0. The molecule has 1 N–H and O–H groups in total. The Balaban J connectivity index is 0.00000256. The van der Waals surface area contributed by atoms with Crippen LogP contribution in [0.1, 0.15) is 34.3 Å². The van der Waals surface area contributed by atoms with Crippen molar-refractivity contribution in [1.82, 2.24) is 5.32 Å². The number of nitrogens with zero attached hydrogens (tertiary/aromatic N) is 1. The molecule has 1 heterocycles. The highest BCUT2D eigenvalue weighted by Crippen LogP contribution is 2.38. The van der Waals surface area contributed by atoms with Crippen LogP contribution in [0.5, 0.6) is 0 Å². The Labute approximate surface area is 184 Å². The van der Waals surface area contributed by atoms with Crippen LogP contribution in [0.4, 0.5) is 13.2 Å². The van der Waals surface area contributed by atoms with Crippen molar-refractivity contribution in [2.24, 2.45) is 4.99 Å². The highest BCUT2D eigenvalue weighted by Gasteiger charge is 2.32. The van der Waals surface area contributed by atoms with E-state index in [0.29, 0.717) is 5.75 Å². The van der Waals surface area contributed by atoms with E-state index < -0.39 is 11.7 Å². The summed E-state index contributed by atoms with van der Waals surface area (Å²) in [7, 11) is 0. The van der Waals surface area contributed by atoms with Gasteiger partial charge in [0.15, 0.2) is 5.17 Å². The van der Waals surface area contributed by atoms with E-state index in [1.807, 2.05) is 36.4 Å². The topological polar surface area (TPSA) is 24.4 Å². The highest BCUT2D eigenvalue weighted by atomic mass is 35.5. The smallest absolute Gasteiger partial charge is 0.356 e. The third-order valence-electron chi connectivity index (χ3n) is 4.81. The molecule has 1 aliphatic heterocycles. The van der Waals surface area contributed by atoms with Gasteiger partial charge in [-0.05, 0) is 28.8 Å². The van der Waals surface area contributed by atoms with Gasteiger partial charge in [0.25, 0.3) is 0 Å². The van der Waals surface area contributed by atoms with Crippen LogP contribution in [0.15, 0.2) is 89.9 Å². The van der Waals surface area contributed by atoms with Crippen molar-refractivity contribution in [1.29, 1.82) is 0 Å². The Morgan fingerprint density at radius 3 is 1.93 bits per heavy atom. The van der Waals surface area contributed by atoms with Crippen LogP contribution in [0.2, 0.25) is 0 Å². The van der Waals surface area contributed by atoms with Crippen molar-refractivity contribution in [3.8, 4) is 0 Å². The fourth-order valence-corrected chi connectivity index (χ4v) is 4.21. The lowest BCUT2D eigenvalue weighted by atomic mass is 9.95. The lowest BCUT2D eigenvalue weighted by Crippen LogP contribution is -2.22. The van der Waals surface area contributed by atoms with Gasteiger partial charge in [-0.15, -0.1) is 12.4 Å². The summed E-state index contributed by atoms with van der Waals surface area (Å²) in [4.78, 5) is 4.88. The quantitative estimate of drug-likeness (QED) is 0.474. The Bertz CT molecular complexity index is 977. The molecule has 0 saturated heterocycles. The number of amidine groups is 1. The number of benzene rings is 3. The fraction of sp³-hybridized carbons (Fsp3) is 0.174. The molecule has 0 amide bonds. The fourth-order valence-electron chi connectivity index (χ4n) is 3.31.